The summed E-state index contributed by atoms with van der Waals surface area (Å²) >= 11 is 0. The lowest BCUT2D eigenvalue weighted by molar-refractivity contribution is 0.922. The fourth-order valence-corrected chi connectivity index (χ4v) is 2.52. The van der Waals surface area contributed by atoms with Gasteiger partial charge in [0.25, 0.3) is 0 Å². The molecule has 0 aliphatic rings. The third kappa shape index (κ3) is 2.53. The van der Waals surface area contributed by atoms with Crippen molar-refractivity contribution < 1.29 is 0 Å². The normalized spacial score (nSPS) is 10.8. The van der Waals surface area contributed by atoms with E-state index in [1.807, 2.05) is 0 Å². The fraction of sp³-hybridized carbons (Fsp3) is 0.158. The van der Waals surface area contributed by atoms with Gasteiger partial charge >= 0.3 is 0 Å². The molecule has 19 heavy (non-hydrogen) atoms. The molecule has 0 heterocycles. The first kappa shape index (κ1) is 12.0. The summed E-state index contributed by atoms with van der Waals surface area (Å²) in [7, 11) is 0. The molecular formula is C19H18. The van der Waals surface area contributed by atoms with Crippen LogP contribution in [0.4, 0.5) is 0 Å². The minimum atomic E-state index is 1.16. The Morgan fingerprint density at radius 2 is 1.37 bits per heavy atom. The van der Waals surface area contributed by atoms with Crippen molar-refractivity contribution in [1.29, 1.82) is 0 Å². The van der Waals surface area contributed by atoms with Crippen molar-refractivity contribution >= 4 is 10.8 Å². The van der Waals surface area contributed by atoms with Crippen LogP contribution in [0.15, 0.2) is 66.7 Å². The molecule has 0 atom stereocenters. The van der Waals surface area contributed by atoms with Crippen molar-refractivity contribution in [1.82, 2.24) is 0 Å². The van der Waals surface area contributed by atoms with Gasteiger partial charge in [-0.15, -0.1) is 0 Å². The molecule has 0 aliphatic carbocycles. The average molecular weight is 246 g/mol. The quantitative estimate of drug-likeness (QED) is 0.575. The van der Waals surface area contributed by atoms with Gasteiger partial charge in [0, 0.05) is 0 Å². The van der Waals surface area contributed by atoms with E-state index in [4.69, 9.17) is 0 Å². The van der Waals surface area contributed by atoms with Crippen LogP contribution < -0.4 is 0 Å². The standard InChI is InChI=1S/C19H18/c1-2-5-15-8-10-17(11-9-15)19-13-12-16-6-3-4-7-18(16)14-19/h3-4,6-14H,2,5H2,1H3. The Morgan fingerprint density at radius 3 is 2.11 bits per heavy atom. The number of hydrogen-bond donors (Lipinski definition) is 0. The number of hydrogen-bond acceptors (Lipinski definition) is 0. The lowest BCUT2D eigenvalue weighted by atomic mass is 9.99. The summed E-state index contributed by atoms with van der Waals surface area (Å²) < 4.78 is 0. The largest absolute Gasteiger partial charge is 0.0651 e. The molecule has 0 fully saturated rings. The highest BCUT2D eigenvalue weighted by Gasteiger charge is 2.00. The highest BCUT2D eigenvalue weighted by atomic mass is 14.0. The van der Waals surface area contributed by atoms with Gasteiger partial charge in [-0.1, -0.05) is 74.0 Å². The molecule has 3 rings (SSSR count). The van der Waals surface area contributed by atoms with E-state index >= 15 is 0 Å². The second-order valence-electron chi connectivity index (χ2n) is 5.01. The van der Waals surface area contributed by atoms with E-state index in [9.17, 15) is 0 Å². The maximum absolute atomic E-state index is 2.27. The van der Waals surface area contributed by atoms with Crippen molar-refractivity contribution in [3.63, 3.8) is 0 Å². The first-order valence-corrected chi connectivity index (χ1v) is 6.95. The van der Waals surface area contributed by atoms with Gasteiger partial charge in [0.15, 0.2) is 0 Å². The third-order valence-electron chi connectivity index (χ3n) is 3.58. The molecule has 0 amide bonds. The van der Waals surface area contributed by atoms with Gasteiger partial charge in [-0.2, -0.15) is 0 Å². The Morgan fingerprint density at radius 1 is 0.684 bits per heavy atom. The predicted molar refractivity (Wildman–Crippen MR) is 83.4 cm³/mol. The summed E-state index contributed by atoms with van der Waals surface area (Å²) in [5, 5.41) is 2.60. The smallest absolute Gasteiger partial charge is 0.0178 e. The number of rotatable bonds is 3. The molecular weight excluding hydrogens is 228 g/mol. The maximum atomic E-state index is 2.27. The van der Waals surface area contributed by atoms with Crippen LogP contribution in [0.1, 0.15) is 18.9 Å². The van der Waals surface area contributed by atoms with Crippen molar-refractivity contribution in [2.24, 2.45) is 0 Å². The topological polar surface area (TPSA) is 0 Å². The zero-order valence-electron chi connectivity index (χ0n) is 11.3. The van der Waals surface area contributed by atoms with E-state index in [0.717, 1.165) is 6.42 Å². The molecule has 0 nitrogen and oxygen atoms in total. The average Bonchev–Trinajstić information content (AvgIpc) is 2.48. The Balaban J connectivity index is 1.99. The molecule has 0 unspecified atom stereocenters. The Labute approximate surface area is 114 Å². The molecule has 0 bridgehead atoms. The van der Waals surface area contributed by atoms with Crippen LogP contribution in [0.5, 0.6) is 0 Å². The Hall–Kier alpha value is -2.08. The van der Waals surface area contributed by atoms with Crippen LogP contribution in [-0.4, -0.2) is 0 Å². The molecule has 0 N–H and O–H groups in total. The second-order valence-corrected chi connectivity index (χ2v) is 5.01. The molecule has 0 aliphatic heterocycles. The van der Waals surface area contributed by atoms with Crippen LogP contribution in [-0.2, 0) is 6.42 Å². The van der Waals surface area contributed by atoms with Gasteiger partial charge in [0.2, 0.25) is 0 Å². The molecule has 3 aromatic carbocycles. The predicted octanol–water partition coefficient (Wildman–Crippen LogP) is 5.46. The first-order chi connectivity index (χ1) is 9.36. The summed E-state index contributed by atoms with van der Waals surface area (Å²) in [5.41, 5.74) is 4.01. The Bertz CT molecular complexity index is 678. The summed E-state index contributed by atoms with van der Waals surface area (Å²) in [6.07, 6.45) is 2.37. The maximum Gasteiger partial charge on any atom is -0.0178 e. The number of aryl methyl sites for hydroxylation is 1. The molecule has 0 heteroatoms. The van der Waals surface area contributed by atoms with Crippen LogP contribution in [0.2, 0.25) is 0 Å². The zero-order chi connectivity index (χ0) is 13.1. The highest BCUT2D eigenvalue weighted by molar-refractivity contribution is 5.87. The molecule has 94 valence electrons. The van der Waals surface area contributed by atoms with Gasteiger partial charge in [0.05, 0.1) is 0 Å². The van der Waals surface area contributed by atoms with Gasteiger partial charge in [-0.05, 0) is 39.9 Å². The van der Waals surface area contributed by atoms with Gasteiger partial charge in [-0.25, -0.2) is 0 Å². The zero-order valence-corrected chi connectivity index (χ0v) is 11.3. The first-order valence-electron chi connectivity index (χ1n) is 6.95. The molecule has 0 spiro atoms. The molecule has 0 saturated heterocycles. The van der Waals surface area contributed by atoms with Crippen LogP contribution in [0.3, 0.4) is 0 Å². The van der Waals surface area contributed by atoms with Crippen LogP contribution in [0, 0.1) is 0 Å². The van der Waals surface area contributed by atoms with E-state index in [2.05, 4.69) is 73.7 Å². The van der Waals surface area contributed by atoms with Crippen LogP contribution in [0.25, 0.3) is 21.9 Å². The van der Waals surface area contributed by atoms with Gasteiger partial charge in [0.1, 0.15) is 0 Å². The second kappa shape index (κ2) is 5.27. The van der Waals surface area contributed by atoms with E-state index in [0.29, 0.717) is 0 Å². The van der Waals surface area contributed by atoms with E-state index in [-0.39, 0.29) is 0 Å². The summed E-state index contributed by atoms with van der Waals surface area (Å²) in [6.45, 7) is 2.22. The molecule has 0 saturated carbocycles. The Kier molecular flexibility index (Phi) is 3.33. The van der Waals surface area contributed by atoms with Gasteiger partial charge < -0.3 is 0 Å². The third-order valence-corrected chi connectivity index (χ3v) is 3.58. The summed E-state index contributed by atoms with van der Waals surface area (Å²) in [5.74, 6) is 0. The van der Waals surface area contributed by atoms with E-state index < -0.39 is 0 Å². The summed E-state index contributed by atoms with van der Waals surface area (Å²) in [6, 6.07) is 24.1. The van der Waals surface area contributed by atoms with E-state index in [1.54, 1.807) is 0 Å². The lowest BCUT2D eigenvalue weighted by Gasteiger charge is -2.05. The minimum Gasteiger partial charge on any atom is -0.0651 e. The van der Waals surface area contributed by atoms with Crippen LogP contribution >= 0.6 is 0 Å². The molecule has 0 radical (unpaired) electrons. The van der Waals surface area contributed by atoms with Crippen molar-refractivity contribution in [3.05, 3.63) is 72.3 Å². The van der Waals surface area contributed by atoms with Crippen molar-refractivity contribution in [3.8, 4) is 11.1 Å². The van der Waals surface area contributed by atoms with Gasteiger partial charge in [-0.3, -0.25) is 0 Å². The van der Waals surface area contributed by atoms with E-state index in [1.165, 1.54) is 33.9 Å². The summed E-state index contributed by atoms with van der Waals surface area (Å²) in [4.78, 5) is 0. The fourth-order valence-electron chi connectivity index (χ4n) is 2.52. The van der Waals surface area contributed by atoms with Crippen molar-refractivity contribution in [2.45, 2.75) is 19.8 Å². The molecule has 0 aromatic heterocycles. The number of benzene rings is 3. The lowest BCUT2D eigenvalue weighted by Crippen LogP contribution is -1.84. The monoisotopic (exact) mass is 246 g/mol. The SMILES string of the molecule is CCCc1ccc(-c2ccc3ccccc3c2)cc1. The number of fused-ring (bicyclic) bond motifs is 1. The highest BCUT2D eigenvalue weighted by Crippen LogP contribution is 2.24. The minimum absolute atomic E-state index is 1.16. The van der Waals surface area contributed by atoms with Crippen molar-refractivity contribution in [2.75, 3.05) is 0 Å². The molecule has 3 aromatic rings.